The van der Waals surface area contributed by atoms with E-state index < -0.39 is 13.1 Å². The van der Waals surface area contributed by atoms with Crippen LogP contribution < -0.4 is 5.09 Å². The minimum absolute atomic E-state index is 0.238. The monoisotopic (exact) mass is 231 g/mol. The van der Waals surface area contributed by atoms with Crippen molar-refractivity contribution in [1.82, 2.24) is 5.09 Å². The maximum Gasteiger partial charge on any atom is 0.207 e. The Morgan fingerprint density at radius 1 is 1.27 bits per heavy atom. The predicted molar refractivity (Wildman–Crippen MR) is 61.4 cm³/mol. The number of rotatable bonds is 4. The van der Waals surface area contributed by atoms with Crippen LogP contribution in [0.2, 0.25) is 0 Å². The highest BCUT2D eigenvalue weighted by atomic mass is 31.2. The lowest BCUT2D eigenvalue weighted by Gasteiger charge is -2.37. The predicted octanol–water partition coefficient (Wildman–Crippen LogP) is 1.60. The first-order chi connectivity index (χ1) is 6.93. The smallest absolute Gasteiger partial charge is 0.207 e. The molecule has 1 unspecified atom stereocenters. The molecule has 5 heteroatoms. The van der Waals surface area contributed by atoms with E-state index in [2.05, 4.69) is 5.09 Å². The van der Waals surface area contributed by atoms with Crippen molar-refractivity contribution in [1.29, 1.82) is 0 Å². The van der Waals surface area contributed by atoms with Crippen LogP contribution in [-0.2, 0) is 14.0 Å². The van der Waals surface area contributed by atoms with Crippen LogP contribution in [0.15, 0.2) is 24.3 Å². The Labute approximate surface area is 90.8 Å². The molecule has 0 saturated carbocycles. The molecule has 0 bridgehead atoms. The van der Waals surface area contributed by atoms with Gasteiger partial charge in [-0.1, -0.05) is 18.2 Å². The molecular formula is C10H18NO3P. The number of methoxy groups -OCH3 is 2. The summed E-state index contributed by atoms with van der Waals surface area (Å²) in [5, 5.41) is 3.02. The summed E-state index contributed by atoms with van der Waals surface area (Å²) in [6, 6.07) is -0.238. The Morgan fingerprint density at radius 2 is 1.87 bits per heavy atom. The van der Waals surface area contributed by atoms with Crippen LogP contribution in [0.4, 0.5) is 0 Å². The van der Waals surface area contributed by atoms with Gasteiger partial charge >= 0.3 is 0 Å². The first kappa shape index (κ1) is 12.7. The van der Waals surface area contributed by atoms with Crippen LogP contribution in [0.5, 0.6) is 0 Å². The molecule has 0 aromatic heterocycles. The first-order valence-electron chi connectivity index (χ1n) is 4.72. The fraction of sp³-hybridized carbons (Fsp3) is 0.600. The van der Waals surface area contributed by atoms with Gasteiger partial charge in [-0.25, -0.2) is 0 Å². The van der Waals surface area contributed by atoms with E-state index in [1.165, 1.54) is 0 Å². The van der Waals surface area contributed by atoms with Crippen molar-refractivity contribution in [2.24, 2.45) is 0 Å². The second-order valence-corrected chi connectivity index (χ2v) is 6.79. The molecule has 0 amide bonds. The van der Waals surface area contributed by atoms with Crippen LogP contribution >= 0.6 is 7.29 Å². The molecule has 0 aliphatic heterocycles. The van der Waals surface area contributed by atoms with Gasteiger partial charge in [0.25, 0.3) is 0 Å². The van der Waals surface area contributed by atoms with E-state index in [-0.39, 0.29) is 6.04 Å². The van der Waals surface area contributed by atoms with Crippen LogP contribution in [0, 0.1) is 0 Å². The van der Waals surface area contributed by atoms with Crippen molar-refractivity contribution < 1.29 is 14.0 Å². The highest BCUT2D eigenvalue weighted by Crippen LogP contribution is 2.35. The maximum atomic E-state index is 11.7. The molecule has 0 radical (unpaired) electrons. The third-order valence-corrected chi connectivity index (χ3v) is 3.16. The van der Waals surface area contributed by atoms with Gasteiger partial charge in [-0.2, -0.15) is 0 Å². The molecule has 0 aromatic carbocycles. The van der Waals surface area contributed by atoms with Crippen LogP contribution in [-0.4, -0.2) is 39.4 Å². The summed E-state index contributed by atoms with van der Waals surface area (Å²) in [6.07, 6.45) is 7.41. The van der Waals surface area contributed by atoms with Gasteiger partial charge in [-0.05, 0) is 6.08 Å². The Kier molecular flexibility index (Phi) is 3.90. The van der Waals surface area contributed by atoms with Crippen LogP contribution in [0.1, 0.15) is 0 Å². The quantitative estimate of drug-likeness (QED) is 0.589. The minimum atomic E-state index is -2.34. The normalized spacial score (nSPS) is 24.4. The molecule has 1 aliphatic carbocycles. The van der Waals surface area contributed by atoms with Gasteiger partial charge in [0.1, 0.15) is 7.29 Å². The lowest BCUT2D eigenvalue weighted by molar-refractivity contribution is -0.179. The topological polar surface area (TPSA) is 47.6 Å². The van der Waals surface area contributed by atoms with Crippen molar-refractivity contribution in [2.75, 3.05) is 27.5 Å². The van der Waals surface area contributed by atoms with E-state index in [4.69, 9.17) is 9.47 Å². The van der Waals surface area contributed by atoms with E-state index in [1.807, 2.05) is 18.2 Å². The highest BCUT2D eigenvalue weighted by Gasteiger charge is 2.38. The Hall–Kier alpha value is -0.410. The third-order valence-electron chi connectivity index (χ3n) is 2.26. The molecule has 0 heterocycles. The van der Waals surface area contributed by atoms with E-state index >= 15 is 0 Å². The number of nitrogens with one attached hydrogen (secondary N) is 1. The summed E-state index contributed by atoms with van der Waals surface area (Å²) in [5.41, 5.74) is 0. The number of allylic oxidation sites excluding steroid dienone is 2. The van der Waals surface area contributed by atoms with Gasteiger partial charge in [0.2, 0.25) is 5.79 Å². The number of hydrogen-bond acceptors (Lipinski definition) is 3. The first-order valence-corrected chi connectivity index (χ1v) is 7.33. The summed E-state index contributed by atoms with van der Waals surface area (Å²) >= 11 is 0. The minimum Gasteiger partial charge on any atom is -0.348 e. The van der Waals surface area contributed by atoms with E-state index in [0.717, 1.165) is 0 Å². The summed E-state index contributed by atoms with van der Waals surface area (Å²) < 4.78 is 22.4. The molecule has 0 fully saturated rings. The zero-order valence-electron chi connectivity index (χ0n) is 9.56. The van der Waals surface area contributed by atoms with E-state index in [1.54, 1.807) is 33.6 Å². The molecular weight excluding hydrogens is 213 g/mol. The summed E-state index contributed by atoms with van der Waals surface area (Å²) in [5.74, 6) is -0.865. The largest absolute Gasteiger partial charge is 0.348 e. The van der Waals surface area contributed by atoms with Gasteiger partial charge < -0.3 is 14.0 Å². The van der Waals surface area contributed by atoms with Gasteiger partial charge in [-0.3, -0.25) is 5.09 Å². The third kappa shape index (κ3) is 3.02. The fourth-order valence-corrected chi connectivity index (χ4v) is 2.48. The highest BCUT2D eigenvalue weighted by molar-refractivity contribution is 7.60. The van der Waals surface area contributed by atoms with Crippen LogP contribution in [0.25, 0.3) is 0 Å². The van der Waals surface area contributed by atoms with Gasteiger partial charge in [0.15, 0.2) is 0 Å². The molecule has 1 atom stereocenters. The number of hydrogen-bond donors (Lipinski definition) is 1. The van der Waals surface area contributed by atoms with Crippen molar-refractivity contribution in [3.05, 3.63) is 24.3 Å². The standard InChI is InChI=1S/C10H18NO3P/c1-13-10(14-2)8-6-5-7-9(10)11-15(3,4)12/h5-9H,1-4H3,(H,11,12). The van der Waals surface area contributed by atoms with Crippen molar-refractivity contribution in [3.8, 4) is 0 Å². The average Bonchev–Trinajstić information content (AvgIpc) is 2.17. The van der Waals surface area contributed by atoms with Gasteiger partial charge in [-0.15, -0.1) is 0 Å². The summed E-state index contributed by atoms with van der Waals surface area (Å²) in [7, 11) is 0.799. The Bertz CT molecular complexity index is 315. The Morgan fingerprint density at radius 3 is 2.33 bits per heavy atom. The zero-order chi connectivity index (χ0) is 11.5. The maximum absolute atomic E-state index is 11.7. The second-order valence-electron chi connectivity index (χ2n) is 3.83. The fourth-order valence-electron chi connectivity index (χ4n) is 1.54. The van der Waals surface area contributed by atoms with Gasteiger partial charge in [0, 0.05) is 27.5 Å². The average molecular weight is 231 g/mol. The van der Waals surface area contributed by atoms with E-state index in [9.17, 15) is 4.57 Å². The zero-order valence-corrected chi connectivity index (χ0v) is 10.5. The molecule has 1 N–H and O–H groups in total. The molecule has 15 heavy (non-hydrogen) atoms. The molecule has 0 spiro atoms. The number of ether oxygens (including phenoxy) is 2. The molecule has 1 rings (SSSR count). The SMILES string of the molecule is COC1(OC)C=CC=CC1NP(C)(C)=O. The van der Waals surface area contributed by atoms with Gasteiger partial charge in [0.05, 0.1) is 6.04 Å². The lowest BCUT2D eigenvalue weighted by Crippen LogP contribution is -2.50. The van der Waals surface area contributed by atoms with E-state index in [0.29, 0.717) is 0 Å². The molecule has 86 valence electrons. The summed E-state index contributed by atoms with van der Waals surface area (Å²) in [6.45, 7) is 3.35. The van der Waals surface area contributed by atoms with Crippen molar-refractivity contribution in [3.63, 3.8) is 0 Å². The van der Waals surface area contributed by atoms with Crippen LogP contribution in [0.3, 0.4) is 0 Å². The molecule has 4 nitrogen and oxygen atoms in total. The second kappa shape index (κ2) is 4.62. The lowest BCUT2D eigenvalue weighted by atomic mass is 10.0. The molecule has 1 aliphatic rings. The molecule has 0 saturated heterocycles. The molecule has 0 aromatic rings. The Balaban J connectivity index is 2.90. The summed E-state index contributed by atoms with van der Waals surface area (Å²) in [4.78, 5) is 0. The van der Waals surface area contributed by atoms with Crippen molar-refractivity contribution in [2.45, 2.75) is 11.8 Å². The van der Waals surface area contributed by atoms with Crippen molar-refractivity contribution >= 4 is 7.29 Å².